The number of fused-ring (bicyclic) bond motifs is 1. The molecule has 2 heterocycles. The van der Waals surface area contributed by atoms with Crippen LogP contribution in [0.25, 0.3) is 0 Å². The van der Waals surface area contributed by atoms with Crippen LogP contribution in [0.3, 0.4) is 0 Å². The Morgan fingerprint density at radius 1 is 1.20 bits per heavy atom. The van der Waals surface area contributed by atoms with E-state index in [-0.39, 0.29) is 12.5 Å². The highest BCUT2D eigenvalue weighted by Crippen LogP contribution is 2.37. The van der Waals surface area contributed by atoms with Gasteiger partial charge in [-0.3, -0.25) is 4.79 Å². The molecule has 1 atom stereocenters. The lowest BCUT2D eigenvalue weighted by atomic mass is 9.81. The van der Waals surface area contributed by atoms with E-state index >= 15 is 0 Å². The van der Waals surface area contributed by atoms with Crippen LogP contribution in [0.15, 0.2) is 28.8 Å². The lowest BCUT2D eigenvalue weighted by Gasteiger charge is -2.36. The van der Waals surface area contributed by atoms with Crippen LogP contribution in [0, 0.1) is 6.92 Å². The molecule has 0 saturated heterocycles. The second-order valence-electron chi connectivity index (χ2n) is 6.64. The Bertz CT molecular complexity index is 767. The predicted octanol–water partition coefficient (Wildman–Crippen LogP) is 2.49. The zero-order chi connectivity index (χ0) is 17.3. The van der Waals surface area contributed by atoms with Crippen LogP contribution in [0.5, 0.6) is 11.5 Å². The summed E-state index contributed by atoms with van der Waals surface area (Å²) in [5.74, 6) is 2.08. The summed E-state index contributed by atoms with van der Waals surface area (Å²) >= 11 is 0. The number of nitrogens with one attached hydrogen (secondary N) is 1. The molecule has 7 nitrogen and oxygen atoms in total. The van der Waals surface area contributed by atoms with Crippen molar-refractivity contribution in [1.29, 1.82) is 0 Å². The van der Waals surface area contributed by atoms with Crippen molar-refractivity contribution in [2.24, 2.45) is 0 Å². The molecule has 7 heteroatoms. The number of aromatic nitrogens is 2. The standard InChI is InChI=1S/C18H21N3O4/c1-12-19-17(25-21-12)18(9-5-2-6-10-18)20-16(22)15-11-23-13-7-3-4-8-14(13)24-15/h3-4,7-8,15H,2,5-6,9-11H2,1H3,(H,20,22)/t15-/m1/s1. The minimum atomic E-state index is -0.697. The number of nitrogens with zero attached hydrogens (tertiary/aromatic N) is 2. The molecule has 0 unspecified atom stereocenters. The van der Waals surface area contributed by atoms with E-state index in [1.807, 2.05) is 18.2 Å². The number of amides is 1. The highest BCUT2D eigenvalue weighted by Gasteiger charge is 2.42. The molecule has 2 aromatic rings. The van der Waals surface area contributed by atoms with E-state index in [2.05, 4.69) is 15.5 Å². The first-order chi connectivity index (χ1) is 12.2. The fourth-order valence-electron chi connectivity index (χ4n) is 3.50. The number of carbonyl (C=O) groups is 1. The van der Waals surface area contributed by atoms with E-state index < -0.39 is 11.6 Å². The second kappa shape index (κ2) is 6.38. The topological polar surface area (TPSA) is 86.5 Å². The Hall–Kier alpha value is -2.57. The number of carbonyl (C=O) groups excluding carboxylic acids is 1. The van der Waals surface area contributed by atoms with Gasteiger partial charge in [-0.1, -0.05) is 36.6 Å². The molecule has 1 aliphatic carbocycles. The van der Waals surface area contributed by atoms with Crippen molar-refractivity contribution in [3.8, 4) is 11.5 Å². The minimum absolute atomic E-state index is 0.182. The van der Waals surface area contributed by atoms with Crippen molar-refractivity contribution in [3.05, 3.63) is 36.0 Å². The lowest BCUT2D eigenvalue weighted by Crippen LogP contribution is -2.54. The minimum Gasteiger partial charge on any atom is -0.485 e. The zero-order valence-electron chi connectivity index (χ0n) is 14.2. The zero-order valence-corrected chi connectivity index (χ0v) is 14.2. The van der Waals surface area contributed by atoms with Gasteiger partial charge < -0.3 is 19.3 Å². The molecule has 1 amide bonds. The summed E-state index contributed by atoms with van der Waals surface area (Å²) in [6.07, 6.45) is 4.02. The summed E-state index contributed by atoms with van der Waals surface area (Å²) in [7, 11) is 0. The van der Waals surface area contributed by atoms with E-state index in [1.165, 1.54) is 0 Å². The first kappa shape index (κ1) is 15.9. The number of benzene rings is 1. The van der Waals surface area contributed by atoms with Gasteiger partial charge in [0, 0.05) is 0 Å². The highest BCUT2D eigenvalue weighted by molar-refractivity contribution is 5.82. The molecule has 0 bridgehead atoms. The van der Waals surface area contributed by atoms with Gasteiger partial charge in [0.05, 0.1) is 0 Å². The van der Waals surface area contributed by atoms with Gasteiger partial charge in [-0.05, 0) is 31.9 Å². The van der Waals surface area contributed by atoms with Gasteiger partial charge in [-0.25, -0.2) is 0 Å². The first-order valence-electron chi connectivity index (χ1n) is 8.68. The van der Waals surface area contributed by atoms with E-state index in [4.69, 9.17) is 14.0 Å². The van der Waals surface area contributed by atoms with Gasteiger partial charge in [-0.2, -0.15) is 4.98 Å². The van der Waals surface area contributed by atoms with Crippen molar-refractivity contribution in [2.45, 2.75) is 50.7 Å². The van der Waals surface area contributed by atoms with Crippen LogP contribution in [0.2, 0.25) is 0 Å². The summed E-state index contributed by atoms with van der Waals surface area (Å²) in [5.41, 5.74) is -0.614. The van der Waals surface area contributed by atoms with Gasteiger partial charge in [0.2, 0.25) is 6.10 Å². The first-order valence-corrected chi connectivity index (χ1v) is 8.68. The predicted molar refractivity (Wildman–Crippen MR) is 88.3 cm³/mol. The lowest BCUT2D eigenvalue weighted by molar-refractivity contribution is -0.133. The molecule has 1 saturated carbocycles. The molecule has 0 spiro atoms. The van der Waals surface area contributed by atoms with Crippen LogP contribution in [-0.2, 0) is 10.3 Å². The largest absolute Gasteiger partial charge is 0.485 e. The molecule has 2 aliphatic rings. The molecule has 1 aliphatic heterocycles. The molecule has 4 rings (SSSR count). The van der Waals surface area contributed by atoms with Crippen molar-refractivity contribution < 1.29 is 18.8 Å². The molecule has 1 aromatic carbocycles. The van der Waals surface area contributed by atoms with Gasteiger partial charge in [0.25, 0.3) is 11.8 Å². The molecule has 1 N–H and O–H groups in total. The number of hydrogen-bond donors (Lipinski definition) is 1. The van der Waals surface area contributed by atoms with E-state index in [9.17, 15) is 4.79 Å². The maximum atomic E-state index is 12.9. The van der Waals surface area contributed by atoms with Crippen LogP contribution in [0.1, 0.15) is 43.8 Å². The summed E-state index contributed by atoms with van der Waals surface area (Å²) in [6, 6.07) is 7.35. The fraction of sp³-hybridized carbons (Fsp3) is 0.500. The van der Waals surface area contributed by atoms with Crippen LogP contribution in [-0.4, -0.2) is 28.8 Å². The molecule has 25 heavy (non-hydrogen) atoms. The van der Waals surface area contributed by atoms with Crippen molar-refractivity contribution in [2.75, 3.05) is 6.61 Å². The van der Waals surface area contributed by atoms with E-state index in [0.29, 0.717) is 23.2 Å². The molecule has 1 aromatic heterocycles. The van der Waals surface area contributed by atoms with Crippen molar-refractivity contribution in [3.63, 3.8) is 0 Å². The Morgan fingerprint density at radius 3 is 2.68 bits per heavy atom. The summed E-state index contributed by atoms with van der Waals surface area (Å²) in [4.78, 5) is 17.2. The monoisotopic (exact) mass is 343 g/mol. The Balaban J connectivity index is 1.53. The summed E-state index contributed by atoms with van der Waals surface area (Å²) < 4.78 is 16.9. The highest BCUT2D eigenvalue weighted by atomic mass is 16.6. The Labute approximate surface area is 145 Å². The Morgan fingerprint density at radius 2 is 1.96 bits per heavy atom. The maximum Gasteiger partial charge on any atom is 0.265 e. The van der Waals surface area contributed by atoms with Crippen LogP contribution < -0.4 is 14.8 Å². The quantitative estimate of drug-likeness (QED) is 0.921. The van der Waals surface area contributed by atoms with Gasteiger partial charge in [0.1, 0.15) is 12.1 Å². The average Bonchev–Trinajstić information content (AvgIpc) is 3.09. The third kappa shape index (κ3) is 3.06. The third-order valence-electron chi connectivity index (χ3n) is 4.81. The molecule has 1 fully saturated rings. The smallest absolute Gasteiger partial charge is 0.265 e. The Kier molecular flexibility index (Phi) is 4.07. The molecule has 0 radical (unpaired) electrons. The molecular weight excluding hydrogens is 322 g/mol. The van der Waals surface area contributed by atoms with Gasteiger partial charge in [-0.15, -0.1) is 0 Å². The van der Waals surface area contributed by atoms with Crippen molar-refractivity contribution in [1.82, 2.24) is 15.5 Å². The number of hydrogen-bond acceptors (Lipinski definition) is 6. The average molecular weight is 343 g/mol. The normalized spacial score (nSPS) is 21.6. The maximum absolute atomic E-state index is 12.9. The second-order valence-corrected chi connectivity index (χ2v) is 6.64. The summed E-state index contributed by atoms with van der Waals surface area (Å²) in [6.45, 7) is 1.96. The third-order valence-corrected chi connectivity index (χ3v) is 4.81. The van der Waals surface area contributed by atoms with E-state index in [1.54, 1.807) is 13.0 Å². The molecular formula is C18H21N3O4. The summed E-state index contributed by atoms with van der Waals surface area (Å²) in [5, 5.41) is 7.02. The van der Waals surface area contributed by atoms with Crippen LogP contribution >= 0.6 is 0 Å². The number of rotatable bonds is 3. The number of para-hydroxylation sites is 2. The van der Waals surface area contributed by atoms with Gasteiger partial charge >= 0.3 is 0 Å². The van der Waals surface area contributed by atoms with Crippen molar-refractivity contribution >= 4 is 5.91 Å². The number of aryl methyl sites for hydroxylation is 1. The molecule has 132 valence electrons. The van der Waals surface area contributed by atoms with Crippen LogP contribution in [0.4, 0.5) is 0 Å². The fourth-order valence-corrected chi connectivity index (χ4v) is 3.50. The van der Waals surface area contributed by atoms with E-state index in [0.717, 1.165) is 32.1 Å². The number of ether oxygens (including phenoxy) is 2. The SMILES string of the molecule is Cc1noc(C2(NC(=O)[C@H]3COc4ccccc4O3)CCCCC2)n1. The van der Waals surface area contributed by atoms with Gasteiger partial charge in [0.15, 0.2) is 17.3 Å².